The minimum atomic E-state index is -1.71. The first-order chi connectivity index (χ1) is 44.9. The summed E-state index contributed by atoms with van der Waals surface area (Å²) in [5, 5.41) is 52.8. The number of carbonyl (C=O) groups is 4. The van der Waals surface area contributed by atoms with Crippen LogP contribution in [0.4, 0.5) is 0 Å². The number of aromatic amines is 4. The molecule has 24 nitrogen and oxygen atoms in total. The molecule has 0 aliphatic carbocycles. The summed E-state index contributed by atoms with van der Waals surface area (Å²) in [5.41, 5.74) is 5.91. The Morgan fingerprint density at radius 2 is 0.441 bits per heavy atom. The maximum Gasteiger partial charge on any atom is 4.00 e. The fourth-order valence-electron chi connectivity index (χ4n) is 12.2. The van der Waals surface area contributed by atoms with Crippen LogP contribution in [0.25, 0.3) is 179 Å². The molecule has 440 valence electrons. The number of aromatic carboxylic acids is 4. The number of rotatable bonds is 4. The summed E-state index contributed by atoms with van der Waals surface area (Å²) in [5.74, 6) is -4.09. The molecule has 0 spiro atoms. The number of benzene rings is 8. The van der Waals surface area contributed by atoms with Crippen LogP contribution in [-0.4, -0.2) is 104 Å². The number of carbonyl (C=O) groups excluding carboxylic acids is 4. The van der Waals surface area contributed by atoms with Crippen LogP contribution < -0.4 is 20.4 Å². The number of carboxylic acid groups (broad SMARTS) is 4. The summed E-state index contributed by atoms with van der Waals surface area (Å²) in [4.78, 5) is 120. The smallest absolute Gasteiger partial charge is 0.545 e. The van der Waals surface area contributed by atoms with E-state index in [0.29, 0.717) is 90.9 Å². The van der Waals surface area contributed by atoms with Crippen LogP contribution in [-0.2, 0) is 19.8 Å². The molecule has 0 atom stereocenters. The van der Waals surface area contributed by atoms with Crippen LogP contribution in [0, 0.1) is 0 Å². The maximum atomic E-state index is 12.5. The third kappa shape index (κ3) is 8.78. The van der Waals surface area contributed by atoms with Gasteiger partial charge < -0.3 is 59.5 Å². The average Bonchev–Trinajstić information content (AvgIpc) is 1.64. The van der Waals surface area contributed by atoms with Gasteiger partial charge in [-0.3, -0.25) is 0 Å². The Kier molecular flexibility index (Phi) is 12.5. The van der Waals surface area contributed by atoms with Crippen LogP contribution >= 0.6 is 0 Å². The van der Waals surface area contributed by atoms with Gasteiger partial charge in [0.15, 0.2) is 46.6 Å². The summed E-state index contributed by atoms with van der Waals surface area (Å²) in [6.45, 7) is 0. The van der Waals surface area contributed by atoms with Crippen molar-refractivity contribution in [1.29, 1.82) is 0 Å². The van der Waals surface area contributed by atoms with Crippen molar-refractivity contribution in [2.45, 2.75) is 0 Å². The van der Waals surface area contributed by atoms with Gasteiger partial charge in [0.05, 0.1) is 23.9 Å². The fourth-order valence-corrected chi connectivity index (χ4v) is 12.2. The van der Waals surface area contributed by atoms with E-state index in [1.807, 2.05) is 146 Å². The minimum absolute atomic E-state index is 0. The Balaban J connectivity index is 0.000000146. The number of fused-ring (bicyclic) bond motifs is 40. The molecular weight excluding hydrogens is 1360 g/mol. The zero-order valence-corrected chi connectivity index (χ0v) is 49.7. The van der Waals surface area contributed by atoms with Crippen molar-refractivity contribution in [2.75, 3.05) is 0 Å². The predicted molar refractivity (Wildman–Crippen MR) is 329 cm³/mol. The molecule has 0 radical (unpaired) electrons. The molecule has 0 saturated carbocycles. The molecule has 10 heterocycles. The van der Waals surface area contributed by atoms with Crippen molar-refractivity contribution in [1.82, 2.24) is 79.7 Å². The molecule has 4 aliphatic heterocycles. The largest absolute Gasteiger partial charge is 4.00 e. The Morgan fingerprint density at radius 1 is 0.237 bits per heavy atom. The van der Waals surface area contributed by atoms with Crippen molar-refractivity contribution >= 4 is 112 Å². The molecule has 18 rings (SSSR count). The van der Waals surface area contributed by atoms with Gasteiger partial charge >= 0.3 is 19.8 Å². The van der Waals surface area contributed by atoms with Crippen molar-refractivity contribution in [3.05, 3.63) is 192 Å². The third-order valence-corrected chi connectivity index (χ3v) is 16.3. The summed E-state index contributed by atoms with van der Waals surface area (Å²) in [6, 6.07) is 50.4. The van der Waals surface area contributed by atoms with Gasteiger partial charge in [-0.05, 0) is 12.1 Å². The van der Waals surface area contributed by atoms with Crippen molar-refractivity contribution in [3.63, 3.8) is 0 Å². The molecule has 6 aromatic heterocycles. The molecule has 0 fully saturated rings. The predicted octanol–water partition coefficient (Wildman–Crippen LogP) is 7.19. The van der Waals surface area contributed by atoms with E-state index in [4.69, 9.17) is 59.8 Å². The normalized spacial score (nSPS) is 11.7. The van der Waals surface area contributed by atoms with Crippen LogP contribution in [0.5, 0.6) is 0 Å². The number of aromatic nitrogens is 16. The van der Waals surface area contributed by atoms with Gasteiger partial charge in [-0.15, -0.1) is 0 Å². The fraction of sp³-hybridized carbons (Fsp3) is 0. The zero-order chi connectivity index (χ0) is 62.2. The molecule has 0 unspecified atom stereocenters. The molecule has 25 heteroatoms. The van der Waals surface area contributed by atoms with Crippen LogP contribution in [0.3, 0.4) is 0 Å². The Bertz CT molecular complexity index is 5720. The number of nitrogens with zero attached hydrogens (tertiary/aromatic N) is 12. The Morgan fingerprint density at radius 3 is 0.667 bits per heavy atom. The molecule has 0 saturated heterocycles. The molecule has 4 N–H and O–H groups in total. The van der Waals surface area contributed by atoms with Gasteiger partial charge in [0.2, 0.25) is 0 Å². The second-order valence-electron chi connectivity index (χ2n) is 21.5. The van der Waals surface area contributed by atoms with E-state index in [0.717, 1.165) is 44.8 Å². The van der Waals surface area contributed by atoms with Crippen molar-refractivity contribution in [3.8, 4) is 91.1 Å². The second kappa shape index (κ2) is 21.1. The van der Waals surface area contributed by atoms with Crippen molar-refractivity contribution in [2.24, 2.45) is 0 Å². The van der Waals surface area contributed by atoms with Gasteiger partial charge in [-0.2, -0.15) is 0 Å². The molecule has 8 aromatic carbocycles. The first kappa shape index (κ1) is 55.3. The van der Waals surface area contributed by atoms with Crippen molar-refractivity contribution < 1.29 is 59.4 Å². The van der Waals surface area contributed by atoms with Gasteiger partial charge in [0.25, 0.3) is 0 Å². The van der Waals surface area contributed by atoms with E-state index in [1.165, 1.54) is 12.1 Å². The van der Waals surface area contributed by atoms with Crippen LogP contribution in [0.1, 0.15) is 41.4 Å². The zero-order valence-electron chi connectivity index (χ0n) is 47.2. The molecule has 14 aromatic rings. The number of nitrogens with one attached hydrogen (secondary N) is 4. The summed E-state index contributed by atoms with van der Waals surface area (Å²) in [7, 11) is 0. The number of carboxylic acids is 4. The van der Waals surface area contributed by atoms with Crippen LogP contribution in [0.2, 0.25) is 0 Å². The second-order valence-corrected chi connectivity index (χ2v) is 21.5. The summed E-state index contributed by atoms with van der Waals surface area (Å²) < 4.78 is 0. The topological polar surface area (TPSA) is 378 Å². The maximum absolute atomic E-state index is 12.5. The monoisotopic (exact) mass is 1390 g/mol. The molecule has 16 bridgehead atoms. The van der Waals surface area contributed by atoms with E-state index in [-0.39, 0.29) is 75.6 Å². The molecule has 93 heavy (non-hydrogen) atoms. The first-order valence-corrected chi connectivity index (χ1v) is 28.3. The minimum Gasteiger partial charge on any atom is -0.545 e. The van der Waals surface area contributed by atoms with E-state index in [9.17, 15) is 39.6 Å². The molecule has 4 aliphatic rings. The van der Waals surface area contributed by atoms with Gasteiger partial charge in [-0.25, -0.2) is 59.8 Å². The van der Waals surface area contributed by atoms with Gasteiger partial charge in [0.1, 0.15) is 45.2 Å². The van der Waals surface area contributed by atoms with E-state index in [1.54, 1.807) is 0 Å². The molecular formula is C68H32N16O8Os. The average molecular weight is 1390 g/mol. The Hall–Kier alpha value is -13.0. The summed E-state index contributed by atoms with van der Waals surface area (Å²) >= 11 is 0. The third-order valence-electron chi connectivity index (χ3n) is 16.3. The number of hydrogen-bond donors (Lipinski definition) is 4. The first-order valence-electron chi connectivity index (χ1n) is 28.3. The number of H-pyrrole nitrogens is 4. The Labute approximate surface area is 531 Å². The van der Waals surface area contributed by atoms with E-state index in [2.05, 4.69) is 19.9 Å². The van der Waals surface area contributed by atoms with Gasteiger partial charge in [0, 0.05) is 110 Å². The quantitative estimate of drug-likeness (QED) is 0.135. The van der Waals surface area contributed by atoms with E-state index >= 15 is 0 Å². The summed E-state index contributed by atoms with van der Waals surface area (Å²) in [6.07, 6.45) is 0. The van der Waals surface area contributed by atoms with Gasteiger partial charge in [-0.1, -0.05) is 158 Å². The molecule has 0 amide bonds. The standard InChI is InChI=1S/2C34H18N8O4.Os/c2*43-33(44)22-14-13-21-23(24(22)34(45)46)32-41-30-20-12-6-5-11-19(20)28(39-30)37-26-16-8-2-1-7-15(16)25(35-26)36-27-17-9-3-4-10-18(17)29(38-27)40-31(21)42-32;/h2*1-14H,(H,43,44)(H,45,46)(H2,35,36,37,38,39,40,41,42);/q;;+4/p-4. The SMILES string of the molecule is O=C([O-])c1ccc2c3nc4nc(nc5[nH]c(nc6nc(nc([nH]3)c2c1C(=O)[O-])-c1ccccc1-6)c1ccccc51)-c1ccccc1-4.O=C([O-])c1ccc2c3nc4nc(nc5[nH]c(nc6nc(nc([nH]3)c2c1C(=O)[O-])-c1ccccc1-6)c1ccccc51)-c1ccccc1-4.[Os+4]. The van der Waals surface area contributed by atoms with E-state index < -0.39 is 46.1 Å². The number of hydrogen-bond acceptors (Lipinski definition) is 20. The van der Waals surface area contributed by atoms with Crippen LogP contribution in [0.15, 0.2) is 170 Å².